The monoisotopic (exact) mass is 418 g/mol. The summed E-state index contributed by atoms with van der Waals surface area (Å²) in [6.45, 7) is 2.07. The number of aryl methyl sites for hydroxylation is 1. The first-order valence-electron chi connectivity index (χ1n) is 7.90. The van der Waals surface area contributed by atoms with Crippen LogP contribution < -0.4 is 10.9 Å². The lowest BCUT2D eigenvalue weighted by Gasteiger charge is -2.10. The Hall–Kier alpha value is -2.11. The molecule has 3 rings (SSSR count). The number of hydrogen-bond acceptors (Lipinski definition) is 2. The number of carbonyl (C=O) groups is 1. The lowest BCUT2D eigenvalue weighted by Crippen LogP contribution is -2.13. The number of rotatable bonds is 4. The fraction of sp³-hybridized carbons (Fsp3) is 0.158. The van der Waals surface area contributed by atoms with Crippen molar-refractivity contribution in [3.63, 3.8) is 0 Å². The van der Waals surface area contributed by atoms with Crippen molar-refractivity contribution >= 4 is 50.0 Å². The second-order valence-electron chi connectivity index (χ2n) is 5.75. The van der Waals surface area contributed by atoms with Gasteiger partial charge in [0.15, 0.2) is 0 Å². The highest BCUT2D eigenvalue weighted by Gasteiger charge is 2.12. The van der Waals surface area contributed by atoms with Crippen molar-refractivity contribution in [1.82, 2.24) is 4.98 Å². The van der Waals surface area contributed by atoms with Crippen LogP contribution in [-0.4, -0.2) is 10.9 Å². The molecule has 1 heterocycles. The molecule has 2 aromatic carbocycles. The average Bonchev–Trinajstić information content (AvgIpc) is 2.56. The third-order valence-corrected chi connectivity index (χ3v) is 4.70. The van der Waals surface area contributed by atoms with Gasteiger partial charge >= 0.3 is 0 Å². The first-order valence-corrected chi connectivity index (χ1v) is 9.07. The van der Waals surface area contributed by atoms with Crippen LogP contribution in [0.5, 0.6) is 0 Å². The molecule has 1 aromatic heterocycles. The maximum Gasteiger partial charge on any atom is 0.257 e. The second kappa shape index (κ2) is 7.42. The quantitative estimate of drug-likeness (QED) is 0.614. The van der Waals surface area contributed by atoms with E-state index in [1.54, 1.807) is 30.3 Å². The molecule has 0 unspecified atom stereocenters. The van der Waals surface area contributed by atoms with Gasteiger partial charge in [0, 0.05) is 21.6 Å². The molecule has 2 N–H and O–H groups in total. The van der Waals surface area contributed by atoms with Gasteiger partial charge in [-0.15, -0.1) is 0 Å². The molecule has 0 aliphatic heterocycles. The summed E-state index contributed by atoms with van der Waals surface area (Å²) in [7, 11) is 0. The highest BCUT2D eigenvalue weighted by molar-refractivity contribution is 9.10. The van der Waals surface area contributed by atoms with Crippen LogP contribution in [-0.2, 0) is 6.42 Å². The van der Waals surface area contributed by atoms with Gasteiger partial charge in [-0.2, -0.15) is 0 Å². The largest absolute Gasteiger partial charge is 0.322 e. The summed E-state index contributed by atoms with van der Waals surface area (Å²) in [5, 5.41) is 4.18. The summed E-state index contributed by atoms with van der Waals surface area (Å²) in [5.74, 6) is -0.308. The standard InChI is InChI=1S/C19H16BrClN2O2/c1-2-3-11-8-18(24)23-17-10-13(5-6-14(11)17)22-19(25)15-9-12(20)4-7-16(15)21/h4-10H,2-3H2,1H3,(H,22,25)(H,23,24). The number of fused-ring (bicyclic) bond motifs is 1. The van der Waals surface area contributed by atoms with Crippen LogP contribution in [0.2, 0.25) is 5.02 Å². The first-order chi connectivity index (χ1) is 12.0. The lowest BCUT2D eigenvalue weighted by atomic mass is 10.0. The second-order valence-corrected chi connectivity index (χ2v) is 7.07. The van der Waals surface area contributed by atoms with E-state index in [9.17, 15) is 9.59 Å². The van der Waals surface area contributed by atoms with E-state index in [-0.39, 0.29) is 11.5 Å². The highest BCUT2D eigenvalue weighted by atomic mass is 79.9. The number of carbonyl (C=O) groups excluding carboxylic acids is 1. The normalized spacial score (nSPS) is 10.8. The Morgan fingerprint density at radius 1 is 1.20 bits per heavy atom. The summed E-state index contributed by atoms with van der Waals surface area (Å²) >= 11 is 9.43. The van der Waals surface area contributed by atoms with Gasteiger partial charge in [0.1, 0.15) is 0 Å². The smallest absolute Gasteiger partial charge is 0.257 e. The topological polar surface area (TPSA) is 62.0 Å². The summed E-state index contributed by atoms with van der Waals surface area (Å²) in [5.41, 5.74) is 2.54. The van der Waals surface area contributed by atoms with E-state index in [1.165, 1.54) is 0 Å². The van der Waals surface area contributed by atoms with E-state index in [0.29, 0.717) is 21.8 Å². The van der Waals surface area contributed by atoms with E-state index < -0.39 is 0 Å². The van der Waals surface area contributed by atoms with Crippen molar-refractivity contribution in [2.45, 2.75) is 19.8 Å². The molecule has 25 heavy (non-hydrogen) atoms. The van der Waals surface area contributed by atoms with Gasteiger partial charge in [-0.1, -0.05) is 46.9 Å². The molecule has 6 heteroatoms. The number of H-pyrrole nitrogens is 1. The number of hydrogen-bond donors (Lipinski definition) is 2. The predicted molar refractivity (Wildman–Crippen MR) is 106 cm³/mol. The van der Waals surface area contributed by atoms with Crippen molar-refractivity contribution in [3.05, 3.63) is 73.4 Å². The van der Waals surface area contributed by atoms with Crippen LogP contribution in [0.15, 0.2) is 51.7 Å². The molecule has 0 radical (unpaired) electrons. The van der Waals surface area contributed by atoms with Crippen molar-refractivity contribution in [2.75, 3.05) is 5.32 Å². The van der Waals surface area contributed by atoms with Gasteiger partial charge in [0.2, 0.25) is 5.56 Å². The molecular weight excluding hydrogens is 404 g/mol. The van der Waals surface area contributed by atoms with Gasteiger partial charge in [-0.05, 0) is 42.3 Å². The molecule has 3 aromatic rings. The molecule has 128 valence electrons. The van der Waals surface area contributed by atoms with Gasteiger partial charge < -0.3 is 10.3 Å². The van der Waals surface area contributed by atoms with Crippen molar-refractivity contribution < 1.29 is 4.79 Å². The van der Waals surface area contributed by atoms with E-state index in [4.69, 9.17) is 11.6 Å². The SMILES string of the molecule is CCCc1cc(=O)[nH]c2cc(NC(=O)c3cc(Br)ccc3Cl)ccc12. The molecule has 0 fully saturated rings. The Morgan fingerprint density at radius 2 is 2.00 bits per heavy atom. The van der Waals surface area contributed by atoms with Gasteiger partial charge in [-0.3, -0.25) is 9.59 Å². The lowest BCUT2D eigenvalue weighted by molar-refractivity contribution is 0.102. The number of halogens is 2. The highest BCUT2D eigenvalue weighted by Crippen LogP contribution is 2.24. The minimum Gasteiger partial charge on any atom is -0.322 e. The Kier molecular flexibility index (Phi) is 5.25. The van der Waals surface area contributed by atoms with Crippen molar-refractivity contribution in [3.8, 4) is 0 Å². The Balaban J connectivity index is 1.95. The number of nitrogens with one attached hydrogen (secondary N) is 2. The molecule has 1 amide bonds. The van der Waals surface area contributed by atoms with Gasteiger partial charge in [0.05, 0.1) is 16.1 Å². The maximum absolute atomic E-state index is 12.5. The number of aromatic amines is 1. The Bertz CT molecular complexity index is 1010. The number of aromatic nitrogens is 1. The molecule has 0 saturated heterocycles. The van der Waals surface area contributed by atoms with Crippen LogP contribution in [0.1, 0.15) is 29.3 Å². The fourth-order valence-corrected chi connectivity index (χ4v) is 3.32. The molecule has 0 atom stereocenters. The van der Waals surface area contributed by atoms with E-state index in [2.05, 4.69) is 33.2 Å². The van der Waals surface area contributed by atoms with Crippen LogP contribution in [0.4, 0.5) is 5.69 Å². The summed E-state index contributed by atoms with van der Waals surface area (Å²) in [4.78, 5) is 27.1. The zero-order valence-corrected chi connectivity index (χ0v) is 15.9. The summed E-state index contributed by atoms with van der Waals surface area (Å²) < 4.78 is 0.772. The molecule has 0 spiro atoms. The molecule has 0 saturated carbocycles. The zero-order chi connectivity index (χ0) is 18.0. The van der Waals surface area contributed by atoms with Crippen LogP contribution in [0.25, 0.3) is 10.9 Å². The Morgan fingerprint density at radius 3 is 2.76 bits per heavy atom. The van der Waals surface area contributed by atoms with Crippen LogP contribution in [0, 0.1) is 0 Å². The third kappa shape index (κ3) is 3.94. The third-order valence-electron chi connectivity index (χ3n) is 3.88. The molecule has 4 nitrogen and oxygen atoms in total. The Labute approximate surface area is 158 Å². The van der Waals surface area contributed by atoms with Gasteiger partial charge in [-0.25, -0.2) is 0 Å². The predicted octanol–water partition coefficient (Wildman–Crippen LogP) is 5.15. The van der Waals surface area contributed by atoms with E-state index >= 15 is 0 Å². The molecule has 0 aliphatic carbocycles. The fourth-order valence-electron chi connectivity index (χ4n) is 2.76. The molecule has 0 aliphatic rings. The first kappa shape index (κ1) is 17.7. The maximum atomic E-state index is 12.5. The zero-order valence-electron chi connectivity index (χ0n) is 13.5. The van der Waals surface area contributed by atoms with Crippen molar-refractivity contribution in [2.24, 2.45) is 0 Å². The number of pyridine rings is 1. The van der Waals surface area contributed by atoms with Crippen LogP contribution in [0.3, 0.4) is 0 Å². The van der Waals surface area contributed by atoms with Crippen LogP contribution >= 0.6 is 27.5 Å². The number of benzene rings is 2. The molecule has 0 bridgehead atoms. The summed E-state index contributed by atoms with van der Waals surface area (Å²) in [6, 6.07) is 12.2. The molecular formula is C19H16BrClN2O2. The average molecular weight is 420 g/mol. The minimum absolute atomic E-state index is 0.144. The minimum atomic E-state index is -0.308. The van der Waals surface area contributed by atoms with Crippen molar-refractivity contribution in [1.29, 1.82) is 0 Å². The van der Waals surface area contributed by atoms with E-state index in [0.717, 1.165) is 28.3 Å². The van der Waals surface area contributed by atoms with E-state index in [1.807, 2.05) is 12.1 Å². The van der Waals surface area contributed by atoms with Gasteiger partial charge in [0.25, 0.3) is 5.91 Å². The number of amides is 1. The number of anilines is 1. The summed E-state index contributed by atoms with van der Waals surface area (Å²) in [6.07, 6.45) is 1.79.